The molecular formula is C11H14N2O4. The summed E-state index contributed by atoms with van der Waals surface area (Å²) in [5.41, 5.74) is 0. The van der Waals surface area contributed by atoms with Crippen molar-refractivity contribution >= 4 is 17.8 Å². The summed E-state index contributed by atoms with van der Waals surface area (Å²) >= 11 is 0. The van der Waals surface area contributed by atoms with Crippen molar-refractivity contribution in [2.75, 3.05) is 26.2 Å². The van der Waals surface area contributed by atoms with Crippen molar-refractivity contribution in [3.8, 4) is 12.3 Å². The van der Waals surface area contributed by atoms with Gasteiger partial charge in [-0.1, -0.05) is 5.92 Å². The van der Waals surface area contributed by atoms with E-state index in [1.165, 1.54) is 4.90 Å². The predicted octanol–water partition coefficient (Wildman–Crippen LogP) is -0.845. The number of carboxylic acids is 1. The van der Waals surface area contributed by atoms with Crippen LogP contribution in [0.5, 0.6) is 0 Å². The fraction of sp³-hybridized carbons (Fsp3) is 0.545. The fourth-order valence-electron chi connectivity index (χ4n) is 1.64. The molecule has 0 bridgehead atoms. The minimum absolute atomic E-state index is 0.0623. The standard InChI is InChI=1S/C11H14N2O4/c1-2-5-12(8-11(16)17)10(15)7-13-6-3-4-9(13)14/h1H,3-8H2,(H,16,17). The first-order chi connectivity index (χ1) is 8.04. The Labute approximate surface area is 99.2 Å². The average molecular weight is 238 g/mol. The van der Waals surface area contributed by atoms with E-state index in [-0.39, 0.29) is 19.0 Å². The lowest BCUT2D eigenvalue weighted by atomic mass is 10.4. The number of carbonyl (C=O) groups excluding carboxylic acids is 2. The molecule has 1 N–H and O–H groups in total. The van der Waals surface area contributed by atoms with Crippen LogP contribution in [0.4, 0.5) is 0 Å². The third-order valence-corrected chi connectivity index (χ3v) is 2.46. The van der Waals surface area contributed by atoms with E-state index in [1.807, 2.05) is 0 Å². The van der Waals surface area contributed by atoms with Gasteiger partial charge in [0.05, 0.1) is 13.1 Å². The first-order valence-corrected chi connectivity index (χ1v) is 5.25. The van der Waals surface area contributed by atoms with Crippen LogP contribution in [0.25, 0.3) is 0 Å². The lowest BCUT2D eigenvalue weighted by molar-refractivity contribution is -0.145. The average Bonchev–Trinajstić information content (AvgIpc) is 2.63. The summed E-state index contributed by atoms with van der Waals surface area (Å²) in [5.74, 6) is 0.600. The van der Waals surface area contributed by atoms with Gasteiger partial charge in [0.25, 0.3) is 0 Å². The van der Waals surface area contributed by atoms with Gasteiger partial charge in [-0.15, -0.1) is 6.42 Å². The number of hydrogen-bond donors (Lipinski definition) is 1. The fourth-order valence-corrected chi connectivity index (χ4v) is 1.64. The number of hydrogen-bond acceptors (Lipinski definition) is 3. The van der Waals surface area contributed by atoms with E-state index in [0.29, 0.717) is 13.0 Å². The van der Waals surface area contributed by atoms with Crippen LogP contribution in [0, 0.1) is 12.3 Å². The molecule has 17 heavy (non-hydrogen) atoms. The van der Waals surface area contributed by atoms with E-state index >= 15 is 0 Å². The Kier molecular flexibility index (Phi) is 4.52. The summed E-state index contributed by atoms with van der Waals surface area (Å²) in [4.78, 5) is 36.1. The quantitative estimate of drug-likeness (QED) is 0.633. The largest absolute Gasteiger partial charge is 0.480 e. The molecule has 1 aliphatic rings. The van der Waals surface area contributed by atoms with Crippen LogP contribution in [0.15, 0.2) is 0 Å². The number of aliphatic carboxylic acids is 1. The highest BCUT2D eigenvalue weighted by molar-refractivity contribution is 5.87. The maximum atomic E-state index is 11.7. The van der Waals surface area contributed by atoms with Crippen molar-refractivity contribution < 1.29 is 19.5 Å². The maximum Gasteiger partial charge on any atom is 0.323 e. The predicted molar refractivity (Wildman–Crippen MR) is 58.9 cm³/mol. The molecule has 0 spiro atoms. The number of nitrogens with zero attached hydrogens (tertiary/aromatic N) is 2. The second kappa shape index (κ2) is 5.89. The molecule has 0 atom stereocenters. The molecule has 6 nitrogen and oxygen atoms in total. The van der Waals surface area contributed by atoms with Crippen LogP contribution >= 0.6 is 0 Å². The summed E-state index contributed by atoms with van der Waals surface area (Å²) < 4.78 is 0. The summed E-state index contributed by atoms with van der Waals surface area (Å²) in [5, 5.41) is 8.63. The van der Waals surface area contributed by atoms with E-state index in [0.717, 1.165) is 11.3 Å². The first kappa shape index (κ1) is 13.0. The van der Waals surface area contributed by atoms with Crippen molar-refractivity contribution in [2.45, 2.75) is 12.8 Å². The van der Waals surface area contributed by atoms with Gasteiger partial charge in [-0.05, 0) is 6.42 Å². The number of carbonyl (C=O) groups is 3. The van der Waals surface area contributed by atoms with Crippen LogP contribution in [0.1, 0.15) is 12.8 Å². The van der Waals surface area contributed by atoms with Gasteiger partial charge >= 0.3 is 5.97 Å². The van der Waals surface area contributed by atoms with E-state index in [1.54, 1.807) is 0 Å². The monoisotopic (exact) mass is 238 g/mol. The van der Waals surface area contributed by atoms with E-state index in [9.17, 15) is 14.4 Å². The van der Waals surface area contributed by atoms with Gasteiger partial charge in [0.1, 0.15) is 6.54 Å². The summed E-state index contributed by atoms with van der Waals surface area (Å²) in [7, 11) is 0. The zero-order valence-electron chi connectivity index (χ0n) is 9.39. The molecule has 6 heteroatoms. The van der Waals surface area contributed by atoms with E-state index < -0.39 is 18.4 Å². The lowest BCUT2D eigenvalue weighted by Crippen LogP contribution is -2.43. The highest BCUT2D eigenvalue weighted by Gasteiger charge is 2.25. The van der Waals surface area contributed by atoms with Gasteiger partial charge in [0, 0.05) is 13.0 Å². The van der Waals surface area contributed by atoms with Crippen molar-refractivity contribution in [1.29, 1.82) is 0 Å². The van der Waals surface area contributed by atoms with E-state index in [2.05, 4.69) is 5.92 Å². The molecule has 0 aromatic carbocycles. The van der Waals surface area contributed by atoms with Crippen LogP contribution in [0.2, 0.25) is 0 Å². The lowest BCUT2D eigenvalue weighted by Gasteiger charge is -2.22. The number of rotatable bonds is 5. The number of likely N-dealkylation sites (tertiary alicyclic amines) is 1. The number of carboxylic acid groups (broad SMARTS) is 1. The van der Waals surface area contributed by atoms with Crippen molar-refractivity contribution in [2.24, 2.45) is 0 Å². The maximum absolute atomic E-state index is 11.7. The zero-order valence-corrected chi connectivity index (χ0v) is 9.39. The Balaban J connectivity index is 2.55. The molecule has 0 aromatic heterocycles. The topological polar surface area (TPSA) is 77.9 Å². The number of amides is 2. The Morgan fingerprint density at radius 1 is 1.53 bits per heavy atom. The van der Waals surface area contributed by atoms with Crippen LogP contribution in [-0.2, 0) is 14.4 Å². The van der Waals surface area contributed by atoms with Crippen molar-refractivity contribution in [1.82, 2.24) is 9.80 Å². The van der Waals surface area contributed by atoms with Crippen LogP contribution < -0.4 is 0 Å². The third kappa shape index (κ3) is 3.79. The first-order valence-electron chi connectivity index (χ1n) is 5.25. The normalized spacial score (nSPS) is 14.5. The second-order valence-corrected chi connectivity index (χ2v) is 3.77. The number of terminal acetylenes is 1. The van der Waals surface area contributed by atoms with Gasteiger partial charge in [-0.3, -0.25) is 14.4 Å². The highest BCUT2D eigenvalue weighted by atomic mass is 16.4. The minimum atomic E-state index is -1.12. The molecule has 1 saturated heterocycles. The minimum Gasteiger partial charge on any atom is -0.480 e. The van der Waals surface area contributed by atoms with Gasteiger partial charge in [0.15, 0.2) is 0 Å². The Bertz CT molecular complexity index is 372. The molecule has 92 valence electrons. The molecule has 0 saturated carbocycles. The van der Waals surface area contributed by atoms with Gasteiger partial charge in [-0.2, -0.15) is 0 Å². The van der Waals surface area contributed by atoms with Crippen molar-refractivity contribution in [3.63, 3.8) is 0 Å². The molecule has 1 fully saturated rings. The molecule has 0 unspecified atom stereocenters. The third-order valence-electron chi connectivity index (χ3n) is 2.46. The molecule has 1 aliphatic heterocycles. The molecule has 2 amide bonds. The second-order valence-electron chi connectivity index (χ2n) is 3.77. The summed E-state index contributed by atoms with van der Waals surface area (Å²) in [6.07, 6.45) is 6.24. The summed E-state index contributed by atoms with van der Waals surface area (Å²) in [6, 6.07) is 0. The molecule has 0 aliphatic carbocycles. The smallest absolute Gasteiger partial charge is 0.323 e. The van der Waals surface area contributed by atoms with Gasteiger partial charge in [-0.25, -0.2) is 0 Å². The molecule has 1 rings (SSSR count). The molecule has 1 heterocycles. The van der Waals surface area contributed by atoms with Gasteiger partial charge < -0.3 is 14.9 Å². The zero-order chi connectivity index (χ0) is 12.8. The highest BCUT2D eigenvalue weighted by Crippen LogP contribution is 2.09. The molecule has 0 aromatic rings. The molecule has 0 radical (unpaired) electrons. The van der Waals surface area contributed by atoms with Gasteiger partial charge in [0.2, 0.25) is 11.8 Å². The summed E-state index contributed by atoms with van der Waals surface area (Å²) in [6.45, 7) is -0.0481. The van der Waals surface area contributed by atoms with Crippen molar-refractivity contribution in [3.05, 3.63) is 0 Å². The molecular weight excluding hydrogens is 224 g/mol. The van der Waals surface area contributed by atoms with Crippen LogP contribution in [-0.4, -0.2) is 58.9 Å². The SMILES string of the molecule is C#CCN(CC(=O)O)C(=O)CN1CCCC1=O. The Morgan fingerprint density at radius 2 is 2.24 bits per heavy atom. The van der Waals surface area contributed by atoms with E-state index in [4.69, 9.17) is 11.5 Å². The Morgan fingerprint density at radius 3 is 2.71 bits per heavy atom. The Hall–Kier alpha value is -2.03. The van der Waals surface area contributed by atoms with Crippen LogP contribution in [0.3, 0.4) is 0 Å².